The number of hydrogen-bond donors (Lipinski definition) is 0. The number of nitrogens with zero attached hydrogens (tertiary/aromatic N) is 3. The Labute approximate surface area is 178 Å². The van der Waals surface area contributed by atoms with Crippen molar-refractivity contribution in [3.63, 3.8) is 0 Å². The maximum atomic E-state index is 14.5. The Bertz CT molecular complexity index is 903. The van der Waals surface area contributed by atoms with Gasteiger partial charge in [-0.3, -0.25) is 9.59 Å². The van der Waals surface area contributed by atoms with Crippen molar-refractivity contribution < 1.29 is 23.5 Å². The number of ether oxygens (including phenoxy) is 2. The van der Waals surface area contributed by atoms with E-state index in [9.17, 15) is 14.0 Å². The smallest absolute Gasteiger partial charge is 0.262 e. The van der Waals surface area contributed by atoms with Gasteiger partial charge in [0, 0.05) is 32.7 Å². The van der Waals surface area contributed by atoms with Crippen LogP contribution < -0.4 is 0 Å². The molecule has 1 aliphatic heterocycles. The lowest BCUT2D eigenvalue weighted by atomic mass is 10.0. The quantitative estimate of drug-likeness (QED) is 0.610. The molecule has 2 heterocycles. The van der Waals surface area contributed by atoms with Crippen molar-refractivity contribution in [2.24, 2.45) is 5.10 Å². The Balaban J connectivity index is 1.86. The van der Waals surface area contributed by atoms with Crippen molar-refractivity contribution in [2.75, 3.05) is 40.5 Å². The van der Waals surface area contributed by atoms with Crippen molar-refractivity contribution in [2.45, 2.75) is 12.5 Å². The first-order valence-electron chi connectivity index (χ1n) is 9.48. The first-order chi connectivity index (χ1) is 14.5. The summed E-state index contributed by atoms with van der Waals surface area (Å²) >= 11 is 1.51. The zero-order valence-electron chi connectivity index (χ0n) is 16.9. The molecule has 3 rings (SSSR count). The fourth-order valence-corrected chi connectivity index (χ4v) is 3.98. The normalized spacial score (nSPS) is 15.9. The van der Waals surface area contributed by atoms with E-state index in [1.165, 1.54) is 41.5 Å². The van der Waals surface area contributed by atoms with E-state index in [1.54, 1.807) is 18.2 Å². The van der Waals surface area contributed by atoms with Crippen LogP contribution in [-0.2, 0) is 19.1 Å². The van der Waals surface area contributed by atoms with Crippen molar-refractivity contribution in [1.82, 2.24) is 9.91 Å². The van der Waals surface area contributed by atoms with Crippen LogP contribution in [0.4, 0.5) is 4.39 Å². The summed E-state index contributed by atoms with van der Waals surface area (Å²) in [5, 5.41) is 7.74. The number of hydrogen-bond acceptors (Lipinski definition) is 6. The average molecular weight is 434 g/mol. The second-order valence-electron chi connectivity index (χ2n) is 6.74. The number of benzene rings is 1. The van der Waals surface area contributed by atoms with Gasteiger partial charge in [0.2, 0.25) is 5.91 Å². The van der Waals surface area contributed by atoms with Gasteiger partial charge in [0.05, 0.1) is 23.2 Å². The third-order valence-corrected chi connectivity index (χ3v) is 5.67. The number of rotatable bonds is 9. The largest absolute Gasteiger partial charge is 0.383 e. The molecule has 0 N–H and O–H groups in total. The summed E-state index contributed by atoms with van der Waals surface area (Å²) in [4.78, 5) is 27.8. The maximum Gasteiger partial charge on any atom is 0.262 e. The van der Waals surface area contributed by atoms with Crippen molar-refractivity contribution in [3.05, 3.63) is 58.0 Å². The van der Waals surface area contributed by atoms with Crippen LogP contribution in [0.1, 0.15) is 22.9 Å². The number of thiophene rings is 1. The van der Waals surface area contributed by atoms with Gasteiger partial charge in [0.15, 0.2) is 0 Å². The standard InChI is InChI=1S/C21H24FN3O4S/c1-28-10-9-24(21(27)14-29-2)13-20(26)25-18(15-6-3-4-7-16(15)22)12-17(23-25)19-8-5-11-30-19/h3-8,11,18H,9-10,12-14H2,1-2H3/t18-/m1/s1. The molecule has 7 nitrogen and oxygen atoms in total. The molecule has 160 valence electrons. The van der Waals surface area contributed by atoms with E-state index in [1.807, 2.05) is 17.5 Å². The van der Waals surface area contributed by atoms with Crippen molar-refractivity contribution in [3.8, 4) is 0 Å². The molecule has 1 aromatic carbocycles. The molecule has 0 saturated heterocycles. The molecule has 1 atom stereocenters. The second-order valence-corrected chi connectivity index (χ2v) is 7.69. The van der Waals surface area contributed by atoms with Gasteiger partial charge in [0.25, 0.3) is 5.91 Å². The zero-order valence-corrected chi connectivity index (χ0v) is 17.7. The number of carbonyl (C=O) groups excluding carboxylic acids is 2. The fourth-order valence-electron chi connectivity index (χ4n) is 3.26. The topological polar surface area (TPSA) is 71.4 Å². The summed E-state index contributed by atoms with van der Waals surface area (Å²) in [5.74, 6) is -1.11. The Kier molecular flexibility index (Phi) is 7.67. The molecule has 0 spiro atoms. The van der Waals surface area contributed by atoms with Gasteiger partial charge in [0.1, 0.15) is 19.0 Å². The number of hydrazone groups is 1. The van der Waals surface area contributed by atoms with Crippen LogP contribution in [0.3, 0.4) is 0 Å². The Morgan fingerprint density at radius 2 is 2.03 bits per heavy atom. The summed E-state index contributed by atoms with van der Waals surface area (Å²) in [6.07, 6.45) is 0.400. The lowest BCUT2D eigenvalue weighted by Crippen LogP contribution is -2.44. The van der Waals surface area contributed by atoms with Crippen LogP contribution in [0.5, 0.6) is 0 Å². The van der Waals surface area contributed by atoms with Crippen LogP contribution in [-0.4, -0.2) is 68.0 Å². The van der Waals surface area contributed by atoms with Crippen molar-refractivity contribution >= 4 is 28.9 Å². The molecule has 0 bridgehead atoms. The monoisotopic (exact) mass is 433 g/mol. The summed E-state index contributed by atoms with van der Waals surface area (Å²) in [5.41, 5.74) is 1.12. The minimum atomic E-state index is -0.572. The highest BCUT2D eigenvalue weighted by Gasteiger charge is 2.35. The van der Waals surface area contributed by atoms with Crippen LogP contribution in [0.2, 0.25) is 0 Å². The molecule has 0 saturated carbocycles. The molecule has 0 radical (unpaired) electrons. The highest BCUT2D eigenvalue weighted by atomic mass is 32.1. The summed E-state index contributed by atoms with van der Waals surface area (Å²) in [7, 11) is 2.94. The highest BCUT2D eigenvalue weighted by molar-refractivity contribution is 7.12. The fraction of sp³-hybridized carbons (Fsp3) is 0.381. The third kappa shape index (κ3) is 5.10. The van der Waals surface area contributed by atoms with E-state index >= 15 is 0 Å². The molecule has 1 aromatic heterocycles. The van der Waals surface area contributed by atoms with Gasteiger partial charge in [-0.15, -0.1) is 11.3 Å². The second kappa shape index (κ2) is 10.4. The molecule has 0 fully saturated rings. The third-order valence-electron chi connectivity index (χ3n) is 4.75. The molecule has 1 aliphatic rings. The summed E-state index contributed by atoms with van der Waals surface area (Å²) < 4.78 is 24.5. The Morgan fingerprint density at radius 3 is 2.70 bits per heavy atom. The van der Waals surface area contributed by atoms with E-state index < -0.39 is 17.8 Å². The van der Waals surface area contributed by atoms with Gasteiger partial charge in [-0.1, -0.05) is 24.3 Å². The zero-order chi connectivity index (χ0) is 21.5. The minimum absolute atomic E-state index is 0.141. The van der Waals surface area contributed by atoms with E-state index in [0.29, 0.717) is 12.0 Å². The predicted molar refractivity (Wildman–Crippen MR) is 112 cm³/mol. The number of methoxy groups -OCH3 is 2. The van der Waals surface area contributed by atoms with Crippen LogP contribution in [0, 0.1) is 5.82 Å². The highest BCUT2D eigenvalue weighted by Crippen LogP contribution is 2.35. The molecule has 0 unspecified atom stereocenters. The van der Waals surface area contributed by atoms with E-state index in [2.05, 4.69) is 5.10 Å². The SMILES string of the molecule is COCCN(CC(=O)N1N=C(c2cccs2)C[C@@H]1c1ccccc1F)C(=O)COC. The minimum Gasteiger partial charge on any atom is -0.383 e. The Morgan fingerprint density at radius 1 is 1.23 bits per heavy atom. The van der Waals surface area contributed by atoms with E-state index in [0.717, 1.165) is 10.6 Å². The van der Waals surface area contributed by atoms with Crippen molar-refractivity contribution in [1.29, 1.82) is 0 Å². The molecule has 2 aromatic rings. The molecule has 30 heavy (non-hydrogen) atoms. The molecule has 0 aliphatic carbocycles. The molecule has 2 amide bonds. The average Bonchev–Trinajstić information content (AvgIpc) is 3.41. The van der Waals surface area contributed by atoms with Crippen LogP contribution >= 0.6 is 11.3 Å². The maximum absolute atomic E-state index is 14.5. The lowest BCUT2D eigenvalue weighted by Gasteiger charge is -2.27. The van der Waals surface area contributed by atoms with Gasteiger partial charge in [-0.25, -0.2) is 9.40 Å². The van der Waals surface area contributed by atoms with Gasteiger partial charge in [-0.2, -0.15) is 5.10 Å². The Hall–Kier alpha value is -2.62. The van der Waals surface area contributed by atoms with Gasteiger partial charge >= 0.3 is 0 Å². The van der Waals surface area contributed by atoms with Crippen LogP contribution in [0.15, 0.2) is 46.9 Å². The van der Waals surface area contributed by atoms with Gasteiger partial charge in [-0.05, 0) is 17.5 Å². The van der Waals surface area contributed by atoms with Gasteiger partial charge < -0.3 is 14.4 Å². The number of amides is 2. The number of halogens is 1. The van der Waals surface area contributed by atoms with Crippen LogP contribution in [0.25, 0.3) is 0 Å². The first kappa shape index (κ1) is 22.1. The molecular formula is C21H24FN3O4S. The lowest BCUT2D eigenvalue weighted by molar-refractivity contribution is -0.144. The number of carbonyl (C=O) groups is 2. The molecular weight excluding hydrogens is 409 g/mol. The summed E-state index contributed by atoms with van der Waals surface area (Å²) in [6.45, 7) is 0.183. The molecule has 9 heteroatoms. The summed E-state index contributed by atoms with van der Waals surface area (Å²) in [6, 6.07) is 9.62. The van der Waals surface area contributed by atoms with E-state index in [-0.39, 0.29) is 32.2 Å². The predicted octanol–water partition coefficient (Wildman–Crippen LogP) is 2.69. The van der Waals surface area contributed by atoms with E-state index in [4.69, 9.17) is 9.47 Å². The first-order valence-corrected chi connectivity index (χ1v) is 10.4.